The van der Waals surface area contributed by atoms with Gasteiger partial charge in [-0.2, -0.15) is 0 Å². The van der Waals surface area contributed by atoms with Gasteiger partial charge in [-0.25, -0.2) is 4.68 Å². The van der Waals surface area contributed by atoms with Gasteiger partial charge in [-0.15, -0.1) is 5.10 Å². The zero-order valence-electron chi connectivity index (χ0n) is 16.6. The summed E-state index contributed by atoms with van der Waals surface area (Å²) in [5, 5.41) is 12.4. The van der Waals surface area contributed by atoms with Crippen molar-refractivity contribution in [2.24, 2.45) is 0 Å². The van der Waals surface area contributed by atoms with Crippen LogP contribution in [0.1, 0.15) is 45.1 Å². The number of aromatic nitrogens is 4. The minimum atomic E-state index is -0.424. The summed E-state index contributed by atoms with van der Waals surface area (Å²) in [5.74, 6) is 0.0468. The molecule has 0 radical (unpaired) electrons. The molecule has 1 aliphatic rings. The highest BCUT2D eigenvalue weighted by Crippen LogP contribution is 2.37. The predicted octanol–water partition coefficient (Wildman–Crippen LogP) is 4.19. The fourth-order valence-electron chi connectivity index (χ4n) is 3.37. The summed E-state index contributed by atoms with van der Waals surface area (Å²) in [7, 11) is 0. The number of carbonyl (C=O) groups is 1. The molecule has 150 valence electrons. The van der Waals surface area contributed by atoms with Gasteiger partial charge in [0.2, 0.25) is 5.16 Å². The Kier molecular flexibility index (Phi) is 6.06. The Morgan fingerprint density at radius 1 is 1.14 bits per heavy atom. The molecule has 7 heteroatoms. The zero-order chi connectivity index (χ0) is 20.2. The molecule has 4 rings (SSSR count). The van der Waals surface area contributed by atoms with Crippen LogP contribution in [-0.4, -0.2) is 38.7 Å². The van der Waals surface area contributed by atoms with E-state index in [1.807, 2.05) is 62.4 Å². The average Bonchev–Trinajstić information content (AvgIpc) is 3.40. The largest absolute Gasteiger partial charge is 0.376 e. The first kappa shape index (κ1) is 19.8. The quantitative estimate of drug-likeness (QED) is 0.431. The topological polar surface area (TPSA) is 69.9 Å². The van der Waals surface area contributed by atoms with Crippen LogP contribution in [0.4, 0.5) is 0 Å². The van der Waals surface area contributed by atoms with E-state index in [1.54, 1.807) is 4.68 Å². The normalized spacial score (nSPS) is 17.4. The van der Waals surface area contributed by atoms with E-state index in [4.69, 9.17) is 4.74 Å². The molecule has 1 aromatic heterocycles. The summed E-state index contributed by atoms with van der Waals surface area (Å²) in [6.45, 7) is 5.44. The van der Waals surface area contributed by atoms with Gasteiger partial charge in [-0.05, 0) is 42.7 Å². The Morgan fingerprint density at radius 3 is 2.48 bits per heavy atom. The third kappa shape index (κ3) is 4.74. The van der Waals surface area contributed by atoms with Crippen LogP contribution >= 0.6 is 11.8 Å². The Labute approximate surface area is 174 Å². The number of tetrazole rings is 1. The van der Waals surface area contributed by atoms with Crippen molar-refractivity contribution in [2.45, 2.75) is 49.7 Å². The van der Waals surface area contributed by atoms with Gasteiger partial charge >= 0.3 is 0 Å². The summed E-state index contributed by atoms with van der Waals surface area (Å²) in [5.41, 5.74) is 3.91. The molecule has 0 amide bonds. The van der Waals surface area contributed by atoms with E-state index in [-0.39, 0.29) is 11.9 Å². The van der Waals surface area contributed by atoms with Gasteiger partial charge in [0.15, 0.2) is 5.78 Å². The van der Waals surface area contributed by atoms with Crippen LogP contribution in [0, 0.1) is 13.8 Å². The van der Waals surface area contributed by atoms with Crippen LogP contribution in [-0.2, 0) is 11.3 Å². The monoisotopic (exact) mass is 408 g/mol. The second-order valence-electron chi connectivity index (χ2n) is 7.42. The minimum absolute atomic E-state index is 0.0468. The Hall–Kier alpha value is -2.51. The first-order chi connectivity index (χ1) is 14.1. The molecular formula is C22H24N4O2S. The van der Waals surface area contributed by atoms with Crippen molar-refractivity contribution in [2.75, 3.05) is 6.61 Å². The Balaban J connectivity index is 1.62. The summed E-state index contributed by atoms with van der Waals surface area (Å²) in [6.07, 6.45) is 2.20. The molecule has 1 aliphatic heterocycles. The van der Waals surface area contributed by atoms with E-state index in [0.29, 0.717) is 17.3 Å². The molecule has 29 heavy (non-hydrogen) atoms. The number of nitrogens with zero attached hydrogens (tertiary/aromatic N) is 4. The lowest BCUT2D eigenvalue weighted by Gasteiger charge is -2.17. The maximum atomic E-state index is 13.4. The second kappa shape index (κ2) is 8.88. The molecule has 0 aliphatic carbocycles. The zero-order valence-corrected chi connectivity index (χ0v) is 17.4. The minimum Gasteiger partial charge on any atom is -0.376 e. The molecule has 0 unspecified atom stereocenters. The molecule has 1 fully saturated rings. The Morgan fingerprint density at radius 2 is 1.83 bits per heavy atom. The van der Waals surface area contributed by atoms with Gasteiger partial charge in [0.25, 0.3) is 0 Å². The van der Waals surface area contributed by atoms with Crippen molar-refractivity contribution in [3.63, 3.8) is 0 Å². The summed E-state index contributed by atoms with van der Waals surface area (Å²) < 4.78 is 7.47. The van der Waals surface area contributed by atoms with Gasteiger partial charge < -0.3 is 4.74 Å². The third-order valence-corrected chi connectivity index (χ3v) is 6.30. The molecule has 2 atom stereocenters. The van der Waals surface area contributed by atoms with Crippen LogP contribution in [0.25, 0.3) is 0 Å². The maximum absolute atomic E-state index is 13.4. The number of ketones is 1. The molecule has 0 spiro atoms. The SMILES string of the molecule is Cc1ccc(C(=O)[C@@H](Sc2nnnn2C[C@@H]2CCCO2)c2ccc(C)cc2)cc1. The first-order valence-electron chi connectivity index (χ1n) is 9.82. The number of ether oxygens (including phenoxy) is 1. The smallest absolute Gasteiger partial charge is 0.210 e. The Bertz CT molecular complexity index is 963. The summed E-state index contributed by atoms with van der Waals surface area (Å²) in [4.78, 5) is 13.4. The van der Waals surface area contributed by atoms with Gasteiger partial charge in [-0.3, -0.25) is 4.79 Å². The van der Waals surface area contributed by atoms with Crippen LogP contribution in [0.2, 0.25) is 0 Å². The number of rotatable bonds is 7. The molecule has 0 N–H and O–H groups in total. The molecule has 0 bridgehead atoms. The van der Waals surface area contributed by atoms with E-state index in [0.717, 1.165) is 36.1 Å². The number of thioether (sulfide) groups is 1. The summed E-state index contributed by atoms with van der Waals surface area (Å²) >= 11 is 1.39. The highest BCUT2D eigenvalue weighted by atomic mass is 32.2. The lowest BCUT2D eigenvalue weighted by atomic mass is 10.0. The van der Waals surface area contributed by atoms with Gasteiger partial charge in [-0.1, -0.05) is 71.4 Å². The van der Waals surface area contributed by atoms with Crippen molar-refractivity contribution < 1.29 is 9.53 Å². The number of hydrogen-bond acceptors (Lipinski definition) is 6. The molecule has 6 nitrogen and oxygen atoms in total. The molecule has 1 saturated heterocycles. The van der Waals surface area contributed by atoms with E-state index in [2.05, 4.69) is 15.5 Å². The van der Waals surface area contributed by atoms with Crippen LogP contribution < -0.4 is 0 Å². The van der Waals surface area contributed by atoms with Crippen molar-refractivity contribution in [1.82, 2.24) is 20.2 Å². The lowest BCUT2D eigenvalue weighted by molar-refractivity contribution is 0.0911. The van der Waals surface area contributed by atoms with Crippen molar-refractivity contribution >= 4 is 17.5 Å². The van der Waals surface area contributed by atoms with Crippen LogP contribution in [0.3, 0.4) is 0 Å². The second-order valence-corrected chi connectivity index (χ2v) is 8.49. The van der Waals surface area contributed by atoms with Gasteiger partial charge in [0.05, 0.1) is 12.6 Å². The lowest BCUT2D eigenvalue weighted by Crippen LogP contribution is -2.18. The standard InChI is InChI=1S/C22H24N4O2S/c1-15-5-9-17(10-6-15)20(27)21(18-11-7-16(2)8-12-18)29-22-23-24-25-26(22)14-19-4-3-13-28-19/h5-12,19,21H,3-4,13-14H2,1-2H3/t19-,21-/m0/s1. The van der Waals surface area contributed by atoms with E-state index < -0.39 is 5.25 Å². The fourth-order valence-corrected chi connectivity index (χ4v) is 4.43. The molecular weight excluding hydrogens is 384 g/mol. The molecule has 0 saturated carbocycles. The van der Waals surface area contributed by atoms with E-state index in [9.17, 15) is 4.79 Å². The maximum Gasteiger partial charge on any atom is 0.210 e. The molecule has 3 aromatic rings. The van der Waals surface area contributed by atoms with E-state index >= 15 is 0 Å². The van der Waals surface area contributed by atoms with Gasteiger partial charge in [0, 0.05) is 12.2 Å². The number of benzene rings is 2. The number of Topliss-reactive ketones (excluding diaryl/α,β-unsaturated/α-hetero) is 1. The summed E-state index contributed by atoms with van der Waals surface area (Å²) in [6, 6.07) is 15.8. The van der Waals surface area contributed by atoms with Crippen LogP contribution in [0.15, 0.2) is 53.7 Å². The molecule has 2 heterocycles. The highest BCUT2D eigenvalue weighted by Gasteiger charge is 2.27. The first-order valence-corrected chi connectivity index (χ1v) is 10.7. The number of hydrogen-bond donors (Lipinski definition) is 0. The van der Waals surface area contributed by atoms with E-state index in [1.165, 1.54) is 11.8 Å². The predicted molar refractivity (Wildman–Crippen MR) is 112 cm³/mol. The van der Waals surface area contributed by atoms with Crippen molar-refractivity contribution in [3.8, 4) is 0 Å². The van der Waals surface area contributed by atoms with Crippen LogP contribution in [0.5, 0.6) is 0 Å². The van der Waals surface area contributed by atoms with Crippen molar-refractivity contribution in [1.29, 1.82) is 0 Å². The third-order valence-electron chi connectivity index (χ3n) is 5.08. The fraction of sp³-hybridized carbons (Fsp3) is 0.364. The number of carbonyl (C=O) groups excluding carboxylic acids is 1. The molecule has 2 aromatic carbocycles. The van der Waals surface area contributed by atoms with Crippen molar-refractivity contribution in [3.05, 3.63) is 70.8 Å². The number of aryl methyl sites for hydroxylation is 2. The average molecular weight is 409 g/mol. The highest BCUT2D eigenvalue weighted by molar-refractivity contribution is 8.00. The van der Waals surface area contributed by atoms with Gasteiger partial charge in [0.1, 0.15) is 5.25 Å².